The molecule has 1 saturated carbocycles. The van der Waals surface area contributed by atoms with Gasteiger partial charge < -0.3 is 10.4 Å². The van der Waals surface area contributed by atoms with Gasteiger partial charge in [0.05, 0.1) is 0 Å². The fourth-order valence-corrected chi connectivity index (χ4v) is 3.25. The Bertz CT molecular complexity index is 263. The van der Waals surface area contributed by atoms with Gasteiger partial charge in [-0.3, -0.25) is 4.79 Å². The third-order valence-electron chi connectivity index (χ3n) is 4.28. The van der Waals surface area contributed by atoms with Crippen molar-refractivity contribution in [3.05, 3.63) is 0 Å². The summed E-state index contributed by atoms with van der Waals surface area (Å²) in [6, 6.07) is 0. The van der Waals surface area contributed by atoms with Crippen molar-refractivity contribution >= 4 is 17.7 Å². The van der Waals surface area contributed by atoms with E-state index >= 15 is 0 Å². The van der Waals surface area contributed by atoms with E-state index in [-0.39, 0.29) is 29.3 Å². The molecule has 0 heterocycles. The Labute approximate surface area is 109 Å². The Kier molecular flexibility index (Phi) is 4.90. The first kappa shape index (κ1) is 14.8. The second kappa shape index (κ2) is 5.61. The van der Waals surface area contributed by atoms with Gasteiger partial charge in [-0.1, -0.05) is 27.7 Å². The number of carbonyl (C=O) groups is 1. The van der Waals surface area contributed by atoms with Crippen LogP contribution < -0.4 is 5.32 Å². The predicted octanol–water partition coefficient (Wildman–Crippen LogP) is 1.90. The molecule has 2 N–H and O–H groups in total. The van der Waals surface area contributed by atoms with E-state index in [9.17, 15) is 4.79 Å². The van der Waals surface area contributed by atoms with Crippen molar-refractivity contribution in [2.75, 3.05) is 24.7 Å². The lowest BCUT2D eigenvalue weighted by Gasteiger charge is -2.06. The topological polar surface area (TPSA) is 49.3 Å². The van der Waals surface area contributed by atoms with E-state index in [0.717, 1.165) is 24.5 Å². The molecule has 4 heteroatoms. The molecule has 3 nitrogen and oxygen atoms in total. The maximum absolute atomic E-state index is 12.0. The first-order valence-electron chi connectivity index (χ1n) is 6.32. The number of nitrogens with one attached hydrogen (secondary N) is 1. The van der Waals surface area contributed by atoms with Gasteiger partial charge in [-0.2, -0.15) is 11.8 Å². The van der Waals surface area contributed by atoms with Crippen molar-refractivity contribution in [3.8, 4) is 0 Å². The average molecular weight is 259 g/mol. The summed E-state index contributed by atoms with van der Waals surface area (Å²) in [5.74, 6) is 2.24. The molecule has 1 aliphatic carbocycles. The molecule has 0 unspecified atom stereocenters. The molecule has 1 fully saturated rings. The molecule has 0 radical (unpaired) electrons. The van der Waals surface area contributed by atoms with E-state index in [1.165, 1.54) is 0 Å². The summed E-state index contributed by atoms with van der Waals surface area (Å²) in [6.07, 6.45) is 0.835. The summed E-state index contributed by atoms with van der Waals surface area (Å²) in [5.41, 5.74) is 0.252. The van der Waals surface area contributed by atoms with Crippen LogP contribution in [0.15, 0.2) is 0 Å². The molecular weight excluding hydrogens is 234 g/mol. The van der Waals surface area contributed by atoms with Gasteiger partial charge in [0.15, 0.2) is 0 Å². The van der Waals surface area contributed by atoms with Crippen LogP contribution in [0.3, 0.4) is 0 Å². The lowest BCUT2D eigenvalue weighted by molar-refractivity contribution is -0.123. The summed E-state index contributed by atoms with van der Waals surface area (Å²) in [5, 5.41) is 11.6. The van der Waals surface area contributed by atoms with E-state index in [4.69, 9.17) is 5.11 Å². The van der Waals surface area contributed by atoms with Crippen LogP contribution in [0.1, 0.15) is 34.1 Å². The molecule has 0 aromatic heterocycles. The van der Waals surface area contributed by atoms with Crippen LogP contribution in [-0.2, 0) is 4.79 Å². The van der Waals surface area contributed by atoms with Crippen molar-refractivity contribution in [2.45, 2.75) is 34.1 Å². The fraction of sp³-hybridized carbons (Fsp3) is 0.923. The first-order chi connectivity index (χ1) is 7.85. The minimum Gasteiger partial charge on any atom is -0.396 e. The maximum atomic E-state index is 12.0. The zero-order valence-corrected chi connectivity index (χ0v) is 12.2. The summed E-state index contributed by atoms with van der Waals surface area (Å²) < 4.78 is 0. The normalized spacial score (nSPS) is 21.2. The highest BCUT2D eigenvalue weighted by atomic mass is 32.2. The van der Waals surface area contributed by atoms with Gasteiger partial charge in [-0.25, -0.2) is 0 Å². The molecule has 0 aromatic carbocycles. The summed E-state index contributed by atoms with van der Waals surface area (Å²) in [7, 11) is 0. The quantitative estimate of drug-likeness (QED) is 0.687. The molecule has 1 amide bonds. The van der Waals surface area contributed by atoms with Gasteiger partial charge in [0.1, 0.15) is 0 Å². The van der Waals surface area contributed by atoms with Crippen molar-refractivity contribution in [2.24, 2.45) is 16.7 Å². The number of hydrogen-bond donors (Lipinski definition) is 2. The summed E-state index contributed by atoms with van der Waals surface area (Å²) in [6.45, 7) is 9.63. The highest BCUT2D eigenvalue weighted by molar-refractivity contribution is 7.99. The minimum atomic E-state index is 0.126. The van der Waals surface area contributed by atoms with Crippen LogP contribution in [0.4, 0.5) is 0 Å². The number of hydrogen-bond acceptors (Lipinski definition) is 3. The molecule has 1 aliphatic rings. The van der Waals surface area contributed by atoms with Gasteiger partial charge in [0, 0.05) is 24.8 Å². The summed E-state index contributed by atoms with van der Waals surface area (Å²) in [4.78, 5) is 12.0. The lowest BCUT2D eigenvalue weighted by Crippen LogP contribution is -2.29. The second-order valence-electron chi connectivity index (χ2n) is 5.86. The van der Waals surface area contributed by atoms with E-state index in [2.05, 4.69) is 33.0 Å². The molecule has 0 spiro atoms. The zero-order chi connectivity index (χ0) is 13.1. The number of aliphatic hydroxyl groups is 1. The van der Waals surface area contributed by atoms with Crippen molar-refractivity contribution in [1.82, 2.24) is 5.32 Å². The maximum Gasteiger partial charge on any atom is 0.224 e. The SMILES string of the molecule is CC1(C)C(C(=O)NCCSCCCO)C1(C)C. The molecular formula is C13H25NO2S. The Balaban J connectivity index is 2.15. The zero-order valence-electron chi connectivity index (χ0n) is 11.4. The highest BCUT2D eigenvalue weighted by Crippen LogP contribution is 2.68. The number of rotatable bonds is 7. The predicted molar refractivity (Wildman–Crippen MR) is 73.1 cm³/mol. The Morgan fingerprint density at radius 1 is 1.24 bits per heavy atom. The third kappa shape index (κ3) is 3.16. The van der Waals surface area contributed by atoms with Crippen molar-refractivity contribution < 1.29 is 9.90 Å². The smallest absolute Gasteiger partial charge is 0.224 e. The van der Waals surface area contributed by atoms with Gasteiger partial charge >= 0.3 is 0 Å². The Morgan fingerprint density at radius 2 is 1.82 bits per heavy atom. The number of carbonyl (C=O) groups excluding carboxylic acids is 1. The van der Waals surface area contributed by atoms with Crippen LogP contribution in [0, 0.1) is 16.7 Å². The van der Waals surface area contributed by atoms with Gasteiger partial charge in [0.25, 0.3) is 0 Å². The third-order valence-corrected chi connectivity index (χ3v) is 5.35. The van der Waals surface area contributed by atoms with Crippen LogP contribution >= 0.6 is 11.8 Å². The fourth-order valence-electron chi connectivity index (χ4n) is 2.47. The van der Waals surface area contributed by atoms with Crippen molar-refractivity contribution in [1.29, 1.82) is 0 Å². The van der Waals surface area contributed by atoms with Crippen LogP contribution in [0.2, 0.25) is 0 Å². The number of thioether (sulfide) groups is 1. The highest BCUT2D eigenvalue weighted by Gasteiger charge is 2.68. The molecule has 0 saturated heterocycles. The molecule has 0 aliphatic heterocycles. The monoisotopic (exact) mass is 259 g/mol. The Hall–Kier alpha value is -0.220. The molecule has 17 heavy (non-hydrogen) atoms. The molecule has 100 valence electrons. The van der Waals surface area contributed by atoms with Crippen LogP contribution in [0.5, 0.6) is 0 Å². The van der Waals surface area contributed by atoms with Crippen LogP contribution in [-0.4, -0.2) is 35.7 Å². The largest absolute Gasteiger partial charge is 0.396 e. The molecule has 0 bridgehead atoms. The average Bonchev–Trinajstić information content (AvgIpc) is 2.63. The van der Waals surface area contributed by atoms with Gasteiger partial charge in [-0.05, 0) is 23.0 Å². The molecule has 0 atom stereocenters. The molecule has 1 rings (SSSR count). The first-order valence-corrected chi connectivity index (χ1v) is 7.47. The number of amides is 1. The van der Waals surface area contributed by atoms with Crippen LogP contribution in [0.25, 0.3) is 0 Å². The Morgan fingerprint density at radius 3 is 2.29 bits per heavy atom. The van der Waals surface area contributed by atoms with E-state index in [1.807, 2.05) is 0 Å². The van der Waals surface area contributed by atoms with E-state index in [1.54, 1.807) is 11.8 Å². The number of aliphatic hydroxyl groups excluding tert-OH is 1. The van der Waals surface area contributed by atoms with Gasteiger partial charge in [-0.15, -0.1) is 0 Å². The second-order valence-corrected chi connectivity index (χ2v) is 7.08. The van der Waals surface area contributed by atoms with E-state index in [0.29, 0.717) is 0 Å². The lowest BCUT2D eigenvalue weighted by atomic mass is 10.0. The standard InChI is InChI=1S/C13H25NO2S/c1-12(2)10(13(12,3)4)11(16)14-6-9-17-8-5-7-15/h10,15H,5-9H2,1-4H3,(H,14,16). The molecule has 0 aromatic rings. The minimum absolute atomic E-state index is 0.126. The van der Waals surface area contributed by atoms with E-state index < -0.39 is 0 Å². The van der Waals surface area contributed by atoms with Gasteiger partial charge in [0.2, 0.25) is 5.91 Å². The summed E-state index contributed by atoms with van der Waals surface area (Å²) >= 11 is 1.78. The van der Waals surface area contributed by atoms with Crippen molar-refractivity contribution in [3.63, 3.8) is 0 Å².